The first-order chi connectivity index (χ1) is 8.27. The fourth-order valence-electron chi connectivity index (χ4n) is 2.50. The summed E-state index contributed by atoms with van der Waals surface area (Å²) < 4.78 is 3.45. The van der Waals surface area contributed by atoms with Gasteiger partial charge in [-0.1, -0.05) is 37.3 Å². The van der Waals surface area contributed by atoms with Crippen molar-refractivity contribution in [2.24, 2.45) is 0 Å². The second-order valence-electron chi connectivity index (χ2n) is 4.67. The molecule has 0 spiro atoms. The Kier molecular flexibility index (Phi) is 2.79. The summed E-state index contributed by atoms with van der Waals surface area (Å²) in [5.41, 5.74) is 2.27. The van der Waals surface area contributed by atoms with Gasteiger partial charge in [0, 0.05) is 18.0 Å². The molecule has 17 heavy (non-hydrogen) atoms. The number of rotatable bonds is 1. The van der Waals surface area contributed by atoms with Gasteiger partial charge in [-0.2, -0.15) is 0 Å². The highest BCUT2D eigenvalue weighted by Crippen LogP contribution is 2.35. The summed E-state index contributed by atoms with van der Waals surface area (Å²) >= 11 is 3.70. The third-order valence-electron chi connectivity index (χ3n) is 3.44. The van der Waals surface area contributed by atoms with Gasteiger partial charge in [0.1, 0.15) is 16.1 Å². The van der Waals surface area contributed by atoms with E-state index in [4.69, 9.17) is 4.98 Å². The lowest BCUT2D eigenvalue weighted by Gasteiger charge is -2.20. The van der Waals surface area contributed by atoms with Crippen molar-refractivity contribution in [1.82, 2.24) is 9.55 Å². The van der Waals surface area contributed by atoms with E-state index in [1.54, 1.807) is 0 Å². The van der Waals surface area contributed by atoms with Crippen LogP contribution in [0.4, 0.5) is 0 Å². The van der Waals surface area contributed by atoms with E-state index in [1.807, 2.05) is 6.07 Å². The predicted octanol–water partition coefficient (Wildman–Crippen LogP) is 4.21. The van der Waals surface area contributed by atoms with Gasteiger partial charge in [0.05, 0.1) is 0 Å². The molecule has 0 bridgehead atoms. The molecule has 0 saturated heterocycles. The van der Waals surface area contributed by atoms with Crippen molar-refractivity contribution < 1.29 is 0 Å². The Balaban J connectivity index is 2.14. The molecule has 0 amide bonds. The van der Waals surface area contributed by atoms with Gasteiger partial charge >= 0.3 is 0 Å². The summed E-state index contributed by atoms with van der Waals surface area (Å²) in [4.78, 5) is 4.82. The number of halogens is 1. The van der Waals surface area contributed by atoms with Crippen LogP contribution in [-0.2, 0) is 6.54 Å². The van der Waals surface area contributed by atoms with Crippen molar-refractivity contribution >= 4 is 15.9 Å². The van der Waals surface area contributed by atoms with E-state index in [1.165, 1.54) is 24.2 Å². The Labute approximate surface area is 110 Å². The Hall–Kier alpha value is -1.09. The third-order valence-corrected chi connectivity index (χ3v) is 4.25. The third kappa shape index (κ3) is 1.82. The fraction of sp³-hybridized carbons (Fsp3) is 0.357. The van der Waals surface area contributed by atoms with Crippen molar-refractivity contribution in [1.29, 1.82) is 0 Å². The quantitative estimate of drug-likeness (QED) is 0.769. The fourth-order valence-corrected chi connectivity index (χ4v) is 3.18. The number of benzene rings is 1. The SMILES string of the molecule is CC1CCCn2c1nc(-c1ccccc1)c2Br. The van der Waals surface area contributed by atoms with Crippen LogP contribution < -0.4 is 0 Å². The zero-order valence-corrected chi connectivity index (χ0v) is 11.4. The number of nitrogens with zero attached hydrogens (tertiary/aromatic N) is 2. The molecule has 1 aliphatic rings. The molecule has 2 nitrogen and oxygen atoms in total. The minimum absolute atomic E-state index is 0.567. The monoisotopic (exact) mass is 290 g/mol. The second-order valence-corrected chi connectivity index (χ2v) is 5.42. The minimum atomic E-state index is 0.567. The molecule has 2 heterocycles. The molecule has 2 aromatic rings. The molecule has 1 unspecified atom stereocenters. The molecule has 0 N–H and O–H groups in total. The average Bonchev–Trinajstić information content (AvgIpc) is 2.70. The van der Waals surface area contributed by atoms with Crippen LogP contribution in [-0.4, -0.2) is 9.55 Å². The highest BCUT2D eigenvalue weighted by molar-refractivity contribution is 9.10. The predicted molar refractivity (Wildman–Crippen MR) is 73.0 cm³/mol. The van der Waals surface area contributed by atoms with E-state index in [-0.39, 0.29) is 0 Å². The summed E-state index contributed by atoms with van der Waals surface area (Å²) in [5.74, 6) is 1.79. The standard InChI is InChI=1S/C14H15BrN2/c1-10-6-5-9-17-13(15)12(16-14(10)17)11-7-3-2-4-8-11/h2-4,7-8,10H,5-6,9H2,1H3. The number of fused-ring (bicyclic) bond motifs is 1. The van der Waals surface area contributed by atoms with Gasteiger partial charge in [-0.25, -0.2) is 4.98 Å². The van der Waals surface area contributed by atoms with Crippen LogP contribution in [0.5, 0.6) is 0 Å². The van der Waals surface area contributed by atoms with Crippen LogP contribution in [0, 0.1) is 0 Å². The van der Waals surface area contributed by atoms with Gasteiger partial charge in [0.2, 0.25) is 0 Å². The first kappa shape index (κ1) is 11.0. The molecule has 1 aromatic carbocycles. The number of aromatic nitrogens is 2. The number of hydrogen-bond donors (Lipinski definition) is 0. The maximum atomic E-state index is 4.82. The van der Waals surface area contributed by atoms with Crippen molar-refractivity contribution in [2.75, 3.05) is 0 Å². The van der Waals surface area contributed by atoms with E-state index < -0.39 is 0 Å². The van der Waals surface area contributed by atoms with Crippen LogP contribution in [0.1, 0.15) is 31.5 Å². The van der Waals surface area contributed by atoms with Crippen molar-refractivity contribution in [3.8, 4) is 11.3 Å². The molecule has 1 aromatic heterocycles. The van der Waals surface area contributed by atoms with Crippen molar-refractivity contribution in [3.63, 3.8) is 0 Å². The average molecular weight is 291 g/mol. The van der Waals surface area contributed by atoms with Gasteiger partial charge < -0.3 is 4.57 Å². The molecule has 3 rings (SSSR count). The normalized spacial score (nSPS) is 19.1. The van der Waals surface area contributed by atoms with Crippen LogP contribution in [0.15, 0.2) is 34.9 Å². The highest BCUT2D eigenvalue weighted by Gasteiger charge is 2.23. The van der Waals surface area contributed by atoms with E-state index in [0.717, 1.165) is 16.8 Å². The smallest absolute Gasteiger partial charge is 0.113 e. The summed E-state index contributed by atoms with van der Waals surface area (Å²) in [5, 5.41) is 0. The highest BCUT2D eigenvalue weighted by atomic mass is 79.9. The van der Waals surface area contributed by atoms with Crippen LogP contribution in [0.2, 0.25) is 0 Å². The van der Waals surface area contributed by atoms with Gasteiger partial charge in [-0.15, -0.1) is 0 Å². The molecule has 0 aliphatic carbocycles. The number of imidazole rings is 1. The summed E-state index contributed by atoms with van der Waals surface area (Å²) in [6.45, 7) is 3.35. The van der Waals surface area contributed by atoms with Crippen LogP contribution in [0.25, 0.3) is 11.3 Å². The molecular weight excluding hydrogens is 276 g/mol. The van der Waals surface area contributed by atoms with E-state index >= 15 is 0 Å². The first-order valence-corrected chi connectivity index (χ1v) is 6.88. The summed E-state index contributed by atoms with van der Waals surface area (Å²) in [6.07, 6.45) is 2.50. The largest absolute Gasteiger partial charge is 0.322 e. The Morgan fingerprint density at radius 2 is 2.06 bits per heavy atom. The zero-order chi connectivity index (χ0) is 11.8. The first-order valence-electron chi connectivity index (χ1n) is 6.08. The Morgan fingerprint density at radius 3 is 2.76 bits per heavy atom. The maximum absolute atomic E-state index is 4.82. The summed E-state index contributed by atoms with van der Waals surface area (Å²) in [7, 11) is 0. The Morgan fingerprint density at radius 1 is 1.29 bits per heavy atom. The van der Waals surface area contributed by atoms with Crippen LogP contribution >= 0.6 is 15.9 Å². The molecule has 3 heteroatoms. The van der Waals surface area contributed by atoms with Crippen LogP contribution in [0.3, 0.4) is 0 Å². The van der Waals surface area contributed by atoms with Gasteiger partial charge in [0.15, 0.2) is 0 Å². The number of hydrogen-bond acceptors (Lipinski definition) is 1. The lowest BCUT2D eigenvalue weighted by molar-refractivity contribution is 0.459. The molecular formula is C14H15BrN2. The summed E-state index contributed by atoms with van der Waals surface area (Å²) in [6, 6.07) is 10.4. The molecule has 1 aliphatic heterocycles. The van der Waals surface area contributed by atoms with E-state index in [9.17, 15) is 0 Å². The van der Waals surface area contributed by atoms with Gasteiger partial charge in [-0.05, 0) is 28.8 Å². The van der Waals surface area contributed by atoms with Crippen molar-refractivity contribution in [3.05, 3.63) is 40.8 Å². The maximum Gasteiger partial charge on any atom is 0.113 e. The van der Waals surface area contributed by atoms with E-state index in [0.29, 0.717) is 5.92 Å². The molecule has 0 radical (unpaired) electrons. The van der Waals surface area contributed by atoms with Crippen molar-refractivity contribution in [2.45, 2.75) is 32.2 Å². The second kappa shape index (κ2) is 4.30. The van der Waals surface area contributed by atoms with Gasteiger partial charge in [-0.3, -0.25) is 0 Å². The topological polar surface area (TPSA) is 17.8 Å². The Bertz CT molecular complexity index is 531. The van der Waals surface area contributed by atoms with E-state index in [2.05, 4.69) is 51.7 Å². The molecule has 0 fully saturated rings. The molecule has 1 atom stereocenters. The molecule has 0 saturated carbocycles. The lowest BCUT2D eigenvalue weighted by Crippen LogP contribution is -2.13. The zero-order valence-electron chi connectivity index (χ0n) is 9.86. The minimum Gasteiger partial charge on any atom is -0.322 e. The lowest BCUT2D eigenvalue weighted by atomic mass is 10.0. The molecule has 88 valence electrons. The van der Waals surface area contributed by atoms with Gasteiger partial charge in [0.25, 0.3) is 0 Å².